The minimum absolute atomic E-state index is 0.103. The minimum Gasteiger partial charge on any atom is -0.356 e. The van der Waals surface area contributed by atoms with E-state index in [1.807, 2.05) is 56.8 Å². The molecule has 1 amide bonds. The Morgan fingerprint density at radius 2 is 1.93 bits per heavy atom. The second-order valence-corrected chi connectivity index (χ2v) is 12.2. The molecule has 3 atom stereocenters. The van der Waals surface area contributed by atoms with Crippen molar-refractivity contribution in [1.82, 2.24) is 29.7 Å². The highest BCUT2D eigenvalue weighted by atomic mass is 35.5. The maximum absolute atomic E-state index is 14.3. The van der Waals surface area contributed by atoms with E-state index in [1.165, 1.54) is 18.2 Å². The van der Waals surface area contributed by atoms with E-state index < -0.39 is 17.3 Å². The fourth-order valence-corrected chi connectivity index (χ4v) is 7.10. The number of hydrogen-bond acceptors (Lipinski definition) is 6. The molecule has 1 saturated heterocycles. The van der Waals surface area contributed by atoms with Crippen molar-refractivity contribution in [3.05, 3.63) is 89.2 Å². The molecule has 2 aliphatic rings. The lowest BCUT2D eigenvalue weighted by Gasteiger charge is -2.29. The number of nitrogens with zero attached hydrogens (tertiary/aromatic N) is 7. The third-order valence-electron chi connectivity index (χ3n) is 8.73. The lowest BCUT2D eigenvalue weighted by atomic mass is 9.97. The van der Waals surface area contributed by atoms with Crippen molar-refractivity contribution in [3.8, 4) is 28.5 Å². The quantitative estimate of drug-likeness (QED) is 0.288. The molecule has 0 unspecified atom stereocenters. The van der Waals surface area contributed by atoms with Gasteiger partial charge in [-0.2, -0.15) is 15.5 Å². The number of hydrogen-bond donors (Lipinski definition) is 1. The summed E-state index contributed by atoms with van der Waals surface area (Å²) in [5, 5.41) is 21.9. The number of aryl methyl sites for hydroxylation is 1. The Balaban J connectivity index is 1.09. The summed E-state index contributed by atoms with van der Waals surface area (Å²) in [6, 6.07) is 14.5. The molecule has 1 N–H and O–H groups in total. The fourth-order valence-electron chi connectivity index (χ4n) is 6.85. The van der Waals surface area contributed by atoms with E-state index in [4.69, 9.17) is 16.6 Å². The first-order chi connectivity index (χ1) is 20.7. The highest BCUT2D eigenvalue weighted by Gasteiger charge is 2.48. The SMILES string of the molecule is Cn1ccc(-c2cc(-c3ccc(N4C[C@@H]5C[C@@](C)(NC(=O)c6c(F)cccc6Cl)C[C@@H]5C4)nc3)c3c(C#N)cnn3c2)n1. The number of carbonyl (C=O) groups excluding carboxylic acids is 1. The van der Waals surface area contributed by atoms with Crippen LogP contribution < -0.4 is 10.2 Å². The van der Waals surface area contributed by atoms with E-state index in [-0.39, 0.29) is 10.6 Å². The van der Waals surface area contributed by atoms with Crippen LogP contribution in [0.3, 0.4) is 0 Å². The van der Waals surface area contributed by atoms with Gasteiger partial charge in [0.15, 0.2) is 0 Å². The van der Waals surface area contributed by atoms with Crippen molar-refractivity contribution in [2.45, 2.75) is 25.3 Å². The first-order valence-corrected chi connectivity index (χ1v) is 14.5. The van der Waals surface area contributed by atoms with Crippen LogP contribution in [0.15, 0.2) is 67.3 Å². The smallest absolute Gasteiger partial charge is 0.256 e. The van der Waals surface area contributed by atoms with Crippen LogP contribution in [0.4, 0.5) is 10.2 Å². The maximum atomic E-state index is 14.3. The van der Waals surface area contributed by atoms with Gasteiger partial charge in [0.05, 0.1) is 33.6 Å². The predicted octanol–water partition coefficient (Wildman–Crippen LogP) is 5.50. The van der Waals surface area contributed by atoms with E-state index in [1.54, 1.807) is 15.4 Å². The number of rotatable bonds is 5. The summed E-state index contributed by atoms with van der Waals surface area (Å²) in [7, 11) is 1.87. The Labute approximate surface area is 252 Å². The summed E-state index contributed by atoms with van der Waals surface area (Å²) >= 11 is 6.13. The molecule has 4 aromatic heterocycles. The fraction of sp³-hybridized carbons (Fsp3) is 0.281. The van der Waals surface area contributed by atoms with Crippen molar-refractivity contribution in [2.24, 2.45) is 18.9 Å². The molecule has 43 heavy (non-hydrogen) atoms. The van der Waals surface area contributed by atoms with Gasteiger partial charge in [0, 0.05) is 61.0 Å². The van der Waals surface area contributed by atoms with Crippen LogP contribution >= 0.6 is 11.6 Å². The minimum atomic E-state index is -0.617. The number of halogens is 2. The molecule has 2 fully saturated rings. The van der Waals surface area contributed by atoms with Crippen LogP contribution in [0.1, 0.15) is 35.7 Å². The Bertz CT molecular complexity index is 1890. The molecular formula is C32H28ClFN8O. The monoisotopic (exact) mass is 594 g/mol. The van der Waals surface area contributed by atoms with Crippen LogP contribution in [0.25, 0.3) is 27.9 Å². The van der Waals surface area contributed by atoms with Crippen LogP contribution in [0, 0.1) is 29.0 Å². The number of aromatic nitrogens is 5. The largest absolute Gasteiger partial charge is 0.356 e. The third kappa shape index (κ3) is 4.79. The van der Waals surface area contributed by atoms with E-state index in [2.05, 4.69) is 26.5 Å². The number of amides is 1. The molecule has 5 heterocycles. The van der Waals surface area contributed by atoms with Crippen LogP contribution in [0.5, 0.6) is 0 Å². The van der Waals surface area contributed by atoms with Crippen LogP contribution in [-0.2, 0) is 7.05 Å². The molecule has 0 bridgehead atoms. The molecule has 11 heteroatoms. The van der Waals surface area contributed by atoms with E-state index in [0.717, 1.165) is 59.7 Å². The Kier molecular flexibility index (Phi) is 6.43. The van der Waals surface area contributed by atoms with Gasteiger partial charge >= 0.3 is 0 Å². The predicted molar refractivity (Wildman–Crippen MR) is 161 cm³/mol. The van der Waals surface area contributed by atoms with Gasteiger partial charge in [-0.15, -0.1) is 0 Å². The number of fused-ring (bicyclic) bond motifs is 2. The zero-order chi connectivity index (χ0) is 29.9. The molecule has 1 aliphatic carbocycles. The highest BCUT2D eigenvalue weighted by Crippen LogP contribution is 2.45. The molecule has 216 valence electrons. The first-order valence-electron chi connectivity index (χ1n) is 14.1. The van der Waals surface area contributed by atoms with Gasteiger partial charge in [0.2, 0.25) is 0 Å². The number of pyridine rings is 2. The Hall–Kier alpha value is -4.75. The summed E-state index contributed by atoms with van der Waals surface area (Å²) in [6.45, 7) is 3.67. The van der Waals surface area contributed by atoms with Gasteiger partial charge in [-0.1, -0.05) is 17.7 Å². The van der Waals surface area contributed by atoms with E-state index in [9.17, 15) is 14.4 Å². The topological polar surface area (TPSA) is 104 Å². The summed E-state index contributed by atoms with van der Waals surface area (Å²) in [5.41, 5.74) is 4.12. The van der Waals surface area contributed by atoms with Gasteiger partial charge < -0.3 is 10.2 Å². The van der Waals surface area contributed by atoms with Crippen molar-refractivity contribution in [2.75, 3.05) is 18.0 Å². The average Bonchev–Trinajstić information content (AvgIpc) is 3.75. The Morgan fingerprint density at radius 1 is 1.14 bits per heavy atom. The number of benzene rings is 1. The second kappa shape index (κ2) is 10.2. The molecule has 0 radical (unpaired) electrons. The molecule has 5 aromatic rings. The molecule has 1 aromatic carbocycles. The van der Waals surface area contributed by atoms with Gasteiger partial charge in [-0.25, -0.2) is 13.9 Å². The highest BCUT2D eigenvalue weighted by molar-refractivity contribution is 6.33. The number of nitriles is 1. The third-order valence-corrected chi connectivity index (χ3v) is 9.05. The number of carbonyl (C=O) groups is 1. The van der Waals surface area contributed by atoms with Gasteiger partial charge in [-0.05, 0) is 68.0 Å². The van der Waals surface area contributed by atoms with Crippen molar-refractivity contribution in [1.29, 1.82) is 5.26 Å². The van der Waals surface area contributed by atoms with Gasteiger partial charge in [0.1, 0.15) is 17.7 Å². The van der Waals surface area contributed by atoms with Gasteiger partial charge in [-0.3, -0.25) is 9.48 Å². The van der Waals surface area contributed by atoms with Crippen LogP contribution in [0.2, 0.25) is 5.02 Å². The zero-order valence-corrected chi connectivity index (χ0v) is 24.4. The molecule has 7 rings (SSSR count). The van der Waals surface area contributed by atoms with Gasteiger partial charge in [0.25, 0.3) is 5.91 Å². The second-order valence-electron chi connectivity index (χ2n) is 11.8. The van der Waals surface area contributed by atoms with E-state index in [0.29, 0.717) is 17.4 Å². The lowest BCUT2D eigenvalue weighted by Crippen LogP contribution is -2.45. The molecule has 0 spiro atoms. The van der Waals surface area contributed by atoms with Crippen molar-refractivity contribution >= 4 is 28.8 Å². The maximum Gasteiger partial charge on any atom is 0.256 e. The van der Waals surface area contributed by atoms with Crippen molar-refractivity contribution < 1.29 is 9.18 Å². The lowest BCUT2D eigenvalue weighted by molar-refractivity contribution is 0.0901. The standard InChI is InChI=1S/C32H28ClFN8O/c1-32(38-31(43)29-25(33)4-3-5-26(29)34)11-21-16-41(17-22(21)12-32)28-7-6-19(14-36-28)24-10-20(27-8-9-40(2)39-27)18-42-30(24)23(13-35)15-37-42/h3-10,14-15,18,21-22H,11-12,16-17H2,1-2H3,(H,38,43)/t21-,22+,32+. The van der Waals surface area contributed by atoms with E-state index >= 15 is 0 Å². The molecule has 1 aliphatic heterocycles. The van der Waals surface area contributed by atoms with Crippen molar-refractivity contribution in [3.63, 3.8) is 0 Å². The summed E-state index contributed by atoms with van der Waals surface area (Å²) in [5.74, 6) is 0.547. The number of anilines is 1. The first kappa shape index (κ1) is 27.1. The zero-order valence-electron chi connectivity index (χ0n) is 23.6. The van der Waals surface area contributed by atoms with Crippen LogP contribution in [-0.4, -0.2) is 48.9 Å². The summed E-state index contributed by atoms with van der Waals surface area (Å²) in [6.07, 6.45) is 8.78. The molecular weight excluding hydrogens is 567 g/mol. The molecule has 9 nitrogen and oxygen atoms in total. The average molecular weight is 595 g/mol. The number of nitrogens with one attached hydrogen (secondary N) is 1. The Morgan fingerprint density at radius 3 is 2.58 bits per heavy atom. The summed E-state index contributed by atoms with van der Waals surface area (Å²) < 4.78 is 17.8. The molecule has 1 saturated carbocycles. The summed E-state index contributed by atoms with van der Waals surface area (Å²) in [4.78, 5) is 20.0. The normalized spacial score (nSPS) is 21.2.